The summed E-state index contributed by atoms with van der Waals surface area (Å²) in [7, 11) is 0. The summed E-state index contributed by atoms with van der Waals surface area (Å²) in [5.41, 5.74) is 0.873. The number of fused-ring (bicyclic) bond motifs is 1. The van der Waals surface area contributed by atoms with Crippen molar-refractivity contribution in [3.63, 3.8) is 0 Å². The van der Waals surface area contributed by atoms with Gasteiger partial charge in [-0.25, -0.2) is 0 Å². The van der Waals surface area contributed by atoms with E-state index >= 15 is 0 Å². The van der Waals surface area contributed by atoms with E-state index in [4.69, 9.17) is 5.11 Å². The summed E-state index contributed by atoms with van der Waals surface area (Å²) in [6.07, 6.45) is 0.0740. The Labute approximate surface area is 93.3 Å². The third-order valence-electron chi connectivity index (χ3n) is 1.98. The van der Waals surface area contributed by atoms with Crippen molar-refractivity contribution < 1.29 is 9.90 Å². The van der Waals surface area contributed by atoms with Gasteiger partial charge in [0.05, 0.1) is 10.2 Å². The van der Waals surface area contributed by atoms with Crippen LogP contribution in [-0.4, -0.2) is 11.1 Å². The quantitative estimate of drug-likeness (QED) is 0.910. The molecule has 0 unspecified atom stereocenters. The molecule has 0 spiro atoms. The summed E-state index contributed by atoms with van der Waals surface area (Å²) in [5, 5.41) is 9.79. The first kappa shape index (κ1) is 9.68. The zero-order chi connectivity index (χ0) is 10.1. The Bertz CT molecular complexity index is 490. The average molecular weight is 271 g/mol. The molecule has 0 aliphatic heterocycles. The molecule has 0 radical (unpaired) electrons. The maximum atomic E-state index is 10.6. The minimum Gasteiger partial charge on any atom is -0.481 e. The van der Waals surface area contributed by atoms with Crippen LogP contribution in [0.25, 0.3) is 10.1 Å². The van der Waals surface area contributed by atoms with Crippen molar-refractivity contribution in [2.75, 3.05) is 0 Å². The van der Waals surface area contributed by atoms with Gasteiger partial charge in [0.1, 0.15) is 0 Å². The minimum absolute atomic E-state index is 0.0740. The molecule has 1 aromatic heterocycles. The van der Waals surface area contributed by atoms with E-state index in [1.54, 1.807) is 11.3 Å². The molecular weight excluding hydrogens is 264 g/mol. The van der Waals surface area contributed by atoms with Crippen molar-refractivity contribution in [3.05, 3.63) is 33.6 Å². The molecule has 0 saturated carbocycles. The first-order valence-electron chi connectivity index (χ1n) is 4.06. The van der Waals surface area contributed by atoms with Crippen molar-refractivity contribution in [3.8, 4) is 0 Å². The van der Waals surface area contributed by atoms with E-state index in [0.717, 1.165) is 19.4 Å². The van der Waals surface area contributed by atoms with Crippen LogP contribution < -0.4 is 0 Å². The summed E-state index contributed by atoms with van der Waals surface area (Å²) in [6, 6.07) is 7.83. The molecule has 1 N–H and O–H groups in total. The highest BCUT2D eigenvalue weighted by atomic mass is 79.9. The number of carboxylic acids is 1. The van der Waals surface area contributed by atoms with E-state index in [1.165, 1.54) is 0 Å². The lowest BCUT2D eigenvalue weighted by Crippen LogP contribution is -1.99. The molecule has 72 valence electrons. The SMILES string of the molecule is O=C(O)Cc1c(Br)sc2ccccc12. The Kier molecular flexibility index (Phi) is 2.56. The van der Waals surface area contributed by atoms with Gasteiger partial charge >= 0.3 is 5.97 Å². The van der Waals surface area contributed by atoms with Crippen LogP contribution in [-0.2, 0) is 11.2 Å². The number of thiophene rings is 1. The summed E-state index contributed by atoms with van der Waals surface area (Å²) < 4.78 is 2.04. The molecule has 0 saturated heterocycles. The summed E-state index contributed by atoms with van der Waals surface area (Å²) >= 11 is 4.97. The fourth-order valence-electron chi connectivity index (χ4n) is 1.38. The Morgan fingerprint density at radius 1 is 1.43 bits per heavy atom. The van der Waals surface area contributed by atoms with Crippen LogP contribution in [0.15, 0.2) is 28.1 Å². The Hall–Kier alpha value is -0.870. The van der Waals surface area contributed by atoms with Crippen LogP contribution in [0.4, 0.5) is 0 Å². The maximum absolute atomic E-state index is 10.6. The molecule has 0 amide bonds. The van der Waals surface area contributed by atoms with E-state index < -0.39 is 5.97 Å². The van der Waals surface area contributed by atoms with Crippen LogP contribution in [0.1, 0.15) is 5.56 Å². The van der Waals surface area contributed by atoms with Gasteiger partial charge in [-0.05, 0) is 32.9 Å². The van der Waals surface area contributed by atoms with Gasteiger partial charge < -0.3 is 5.11 Å². The molecule has 0 aliphatic carbocycles. The fourth-order valence-corrected chi connectivity index (χ4v) is 3.21. The highest BCUT2D eigenvalue weighted by Gasteiger charge is 2.12. The first-order chi connectivity index (χ1) is 6.68. The molecule has 1 heterocycles. The van der Waals surface area contributed by atoms with Crippen molar-refractivity contribution in [1.29, 1.82) is 0 Å². The van der Waals surface area contributed by atoms with E-state index in [1.807, 2.05) is 24.3 Å². The second-order valence-electron chi connectivity index (χ2n) is 2.92. The van der Waals surface area contributed by atoms with Gasteiger partial charge in [0.15, 0.2) is 0 Å². The maximum Gasteiger partial charge on any atom is 0.307 e. The smallest absolute Gasteiger partial charge is 0.307 e. The third kappa shape index (κ3) is 1.67. The number of carboxylic acid groups (broad SMARTS) is 1. The Morgan fingerprint density at radius 3 is 2.86 bits per heavy atom. The number of benzene rings is 1. The lowest BCUT2D eigenvalue weighted by atomic mass is 10.1. The second kappa shape index (κ2) is 3.71. The lowest BCUT2D eigenvalue weighted by Gasteiger charge is -1.95. The molecule has 0 atom stereocenters. The fraction of sp³-hybridized carbons (Fsp3) is 0.100. The highest BCUT2D eigenvalue weighted by molar-refractivity contribution is 9.11. The monoisotopic (exact) mass is 270 g/mol. The van der Waals surface area contributed by atoms with E-state index in [2.05, 4.69) is 15.9 Å². The van der Waals surface area contributed by atoms with Crippen LogP contribution in [0.2, 0.25) is 0 Å². The van der Waals surface area contributed by atoms with Crippen LogP contribution in [0.5, 0.6) is 0 Å². The minimum atomic E-state index is -0.797. The van der Waals surface area contributed by atoms with Gasteiger partial charge in [0, 0.05) is 4.70 Å². The number of aliphatic carboxylic acids is 1. The number of halogens is 1. The molecule has 1 aromatic carbocycles. The molecule has 14 heavy (non-hydrogen) atoms. The predicted octanol–water partition coefficient (Wildman–Crippen LogP) is 3.29. The molecule has 0 aliphatic rings. The summed E-state index contributed by atoms with van der Waals surface area (Å²) in [6.45, 7) is 0. The van der Waals surface area contributed by atoms with Crippen LogP contribution >= 0.6 is 27.3 Å². The van der Waals surface area contributed by atoms with E-state index in [9.17, 15) is 4.79 Å². The van der Waals surface area contributed by atoms with Crippen molar-refractivity contribution >= 4 is 43.3 Å². The Balaban J connectivity index is 2.62. The predicted molar refractivity (Wildman–Crippen MR) is 60.9 cm³/mol. The molecular formula is C10H7BrO2S. The van der Waals surface area contributed by atoms with Gasteiger partial charge in [-0.1, -0.05) is 18.2 Å². The van der Waals surface area contributed by atoms with E-state index in [0.29, 0.717) is 0 Å². The van der Waals surface area contributed by atoms with Gasteiger partial charge in [0.25, 0.3) is 0 Å². The molecule has 0 bridgehead atoms. The van der Waals surface area contributed by atoms with Crippen LogP contribution in [0.3, 0.4) is 0 Å². The number of hydrogen-bond donors (Lipinski definition) is 1. The third-order valence-corrected chi connectivity index (χ3v) is 3.94. The lowest BCUT2D eigenvalue weighted by molar-refractivity contribution is -0.136. The Morgan fingerprint density at radius 2 is 2.14 bits per heavy atom. The van der Waals surface area contributed by atoms with E-state index in [-0.39, 0.29) is 6.42 Å². The molecule has 2 rings (SSSR count). The van der Waals surface area contributed by atoms with Crippen molar-refractivity contribution in [2.45, 2.75) is 6.42 Å². The molecule has 2 nitrogen and oxygen atoms in total. The van der Waals surface area contributed by atoms with Gasteiger partial charge in [-0.2, -0.15) is 0 Å². The largest absolute Gasteiger partial charge is 0.481 e. The van der Waals surface area contributed by atoms with Crippen molar-refractivity contribution in [1.82, 2.24) is 0 Å². The van der Waals surface area contributed by atoms with Crippen LogP contribution in [0, 0.1) is 0 Å². The molecule has 0 fully saturated rings. The average Bonchev–Trinajstić information content (AvgIpc) is 2.43. The molecule has 2 aromatic rings. The normalized spacial score (nSPS) is 10.6. The number of hydrogen-bond acceptors (Lipinski definition) is 2. The first-order valence-corrected chi connectivity index (χ1v) is 5.67. The summed E-state index contributed by atoms with van der Waals surface area (Å²) in [4.78, 5) is 10.6. The molecule has 4 heteroatoms. The van der Waals surface area contributed by atoms with Gasteiger partial charge in [-0.15, -0.1) is 11.3 Å². The number of carbonyl (C=O) groups is 1. The topological polar surface area (TPSA) is 37.3 Å². The second-order valence-corrected chi connectivity index (χ2v) is 5.29. The van der Waals surface area contributed by atoms with Gasteiger partial charge in [-0.3, -0.25) is 4.79 Å². The van der Waals surface area contributed by atoms with Crippen molar-refractivity contribution in [2.24, 2.45) is 0 Å². The standard InChI is InChI=1S/C10H7BrO2S/c11-10-7(5-9(12)13)6-3-1-2-4-8(6)14-10/h1-4H,5H2,(H,12,13). The number of rotatable bonds is 2. The zero-order valence-corrected chi connectivity index (χ0v) is 9.56. The summed E-state index contributed by atoms with van der Waals surface area (Å²) in [5.74, 6) is -0.797. The van der Waals surface area contributed by atoms with Gasteiger partial charge in [0.2, 0.25) is 0 Å². The zero-order valence-electron chi connectivity index (χ0n) is 7.16. The highest BCUT2D eigenvalue weighted by Crippen LogP contribution is 2.35.